The van der Waals surface area contributed by atoms with E-state index >= 15 is 0 Å². The Morgan fingerprint density at radius 2 is 1.83 bits per heavy atom. The van der Waals surface area contributed by atoms with E-state index in [4.69, 9.17) is 4.74 Å². The van der Waals surface area contributed by atoms with Gasteiger partial charge in [0.25, 0.3) is 5.56 Å². The van der Waals surface area contributed by atoms with Crippen LogP contribution in [0.5, 0.6) is 5.75 Å². The number of aromatic amines is 1. The van der Waals surface area contributed by atoms with E-state index in [9.17, 15) is 23.4 Å². The maximum atomic E-state index is 12.5. The Kier molecular flexibility index (Phi) is 7.74. The zero-order valence-corrected chi connectivity index (χ0v) is 21.4. The minimum Gasteiger partial charge on any atom is -0.496 e. The third-order valence-corrected chi connectivity index (χ3v) is 6.32. The summed E-state index contributed by atoms with van der Waals surface area (Å²) in [6, 6.07) is 11.9. The number of aromatic nitrogens is 1. The molecule has 0 aliphatic rings. The molecule has 2 aromatic carbocycles. The minimum absolute atomic E-state index is 0.142. The number of ether oxygens (including phenoxy) is 1. The molecule has 1 aromatic heterocycles. The Morgan fingerprint density at radius 1 is 1.11 bits per heavy atom. The number of aliphatic hydroxyl groups is 2. The van der Waals surface area contributed by atoms with Crippen LogP contribution in [0.1, 0.15) is 49.1 Å². The molecule has 0 aliphatic heterocycles. The highest BCUT2D eigenvalue weighted by molar-refractivity contribution is 7.92. The van der Waals surface area contributed by atoms with Crippen LogP contribution in [0.15, 0.2) is 53.5 Å². The topological polar surface area (TPSA) is 129 Å². The maximum Gasteiger partial charge on any atom is 0.255 e. The largest absolute Gasteiger partial charge is 0.496 e. The van der Waals surface area contributed by atoms with Crippen molar-refractivity contribution in [2.45, 2.75) is 45.3 Å². The molecule has 0 fully saturated rings. The van der Waals surface area contributed by atoms with E-state index in [1.54, 1.807) is 49.7 Å². The molecule has 8 nitrogen and oxygen atoms in total. The highest BCUT2D eigenvalue weighted by atomic mass is 32.2. The van der Waals surface area contributed by atoms with Gasteiger partial charge in [-0.15, -0.1) is 0 Å². The monoisotopic (exact) mass is 500 g/mol. The van der Waals surface area contributed by atoms with E-state index in [1.165, 1.54) is 0 Å². The van der Waals surface area contributed by atoms with Gasteiger partial charge >= 0.3 is 0 Å². The van der Waals surface area contributed by atoms with Crippen molar-refractivity contribution >= 4 is 15.7 Å². The molecule has 188 valence electrons. The van der Waals surface area contributed by atoms with Gasteiger partial charge in [-0.25, -0.2) is 8.42 Å². The van der Waals surface area contributed by atoms with Gasteiger partial charge in [0, 0.05) is 35.0 Å². The first-order valence-electron chi connectivity index (χ1n) is 11.1. The number of anilines is 1. The van der Waals surface area contributed by atoms with Crippen molar-refractivity contribution in [2.24, 2.45) is 0 Å². The van der Waals surface area contributed by atoms with Gasteiger partial charge in [0.05, 0.1) is 26.1 Å². The van der Waals surface area contributed by atoms with Crippen LogP contribution in [0.2, 0.25) is 0 Å². The summed E-state index contributed by atoms with van der Waals surface area (Å²) in [5, 5.41) is 21.2. The highest BCUT2D eigenvalue weighted by Gasteiger charge is 2.26. The van der Waals surface area contributed by atoms with Crippen molar-refractivity contribution in [2.75, 3.05) is 18.1 Å². The maximum absolute atomic E-state index is 12.5. The van der Waals surface area contributed by atoms with E-state index in [1.807, 2.05) is 26.8 Å². The highest BCUT2D eigenvalue weighted by Crippen LogP contribution is 2.41. The molecule has 0 bridgehead atoms. The van der Waals surface area contributed by atoms with Crippen molar-refractivity contribution in [1.29, 1.82) is 0 Å². The zero-order chi connectivity index (χ0) is 26.0. The Balaban J connectivity index is 2.10. The average molecular weight is 501 g/mol. The summed E-state index contributed by atoms with van der Waals surface area (Å²) >= 11 is 0. The van der Waals surface area contributed by atoms with Gasteiger partial charge in [-0.05, 0) is 58.5 Å². The second-order valence-electron chi connectivity index (χ2n) is 9.54. The molecule has 1 heterocycles. The number of aliphatic hydroxyl groups excluding tert-OH is 2. The lowest BCUT2D eigenvalue weighted by molar-refractivity contribution is 0.172. The Labute approximate surface area is 205 Å². The average Bonchev–Trinajstić information content (AvgIpc) is 2.77. The molecule has 0 saturated heterocycles. The lowest BCUT2D eigenvalue weighted by Gasteiger charge is -2.27. The molecular weight excluding hydrogens is 468 g/mol. The van der Waals surface area contributed by atoms with Crippen LogP contribution in [-0.4, -0.2) is 37.0 Å². The van der Waals surface area contributed by atoms with E-state index in [-0.39, 0.29) is 24.0 Å². The van der Waals surface area contributed by atoms with E-state index < -0.39 is 16.1 Å². The van der Waals surface area contributed by atoms with Gasteiger partial charge in [-0.2, -0.15) is 0 Å². The van der Waals surface area contributed by atoms with E-state index in [2.05, 4.69) is 9.71 Å². The van der Waals surface area contributed by atoms with Gasteiger partial charge in [-0.3, -0.25) is 9.52 Å². The number of hydrogen-bond acceptors (Lipinski definition) is 6. The second-order valence-corrected chi connectivity index (χ2v) is 11.3. The summed E-state index contributed by atoms with van der Waals surface area (Å²) in [6.07, 6.45) is 1.73. The Hall–Kier alpha value is -3.14. The summed E-state index contributed by atoms with van der Waals surface area (Å²) in [7, 11) is -1.93. The third-order valence-electron chi connectivity index (χ3n) is 5.71. The van der Waals surface area contributed by atoms with Crippen molar-refractivity contribution in [3.63, 3.8) is 0 Å². The molecule has 4 N–H and O–H groups in total. The van der Waals surface area contributed by atoms with Crippen LogP contribution in [-0.2, 0) is 28.5 Å². The fraction of sp³-hybridized carbons (Fsp3) is 0.346. The number of hydrogen-bond donors (Lipinski definition) is 4. The Bertz CT molecular complexity index is 1370. The first-order chi connectivity index (χ1) is 16.3. The smallest absolute Gasteiger partial charge is 0.255 e. The van der Waals surface area contributed by atoms with Gasteiger partial charge in [-0.1, -0.05) is 26.8 Å². The number of H-pyrrole nitrogens is 1. The molecular formula is C26H32N2O6S. The number of sulfonamides is 1. The first-order valence-corrected chi connectivity index (χ1v) is 13.0. The van der Waals surface area contributed by atoms with Crippen LogP contribution in [0.3, 0.4) is 0 Å². The molecule has 0 spiro atoms. The predicted octanol–water partition coefficient (Wildman–Crippen LogP) is 3.49. The van der Waals surface area contributed by atoms with E-state index in [0.29, 0.717) is 39.3 Å². The molecule has 35 heavy (non-hydrogen) atoms. The number of nitrogens with one attached hydrogen (secondary N) is 2. The minimum atomic E-state index is -3.47. The van der Waals surface area contributed by atoms with Crippen molar-refractivity contribution in [1.82, 2.24) is 4.98 Å². The van der Waals surface area contributed by atoms with Gasteiger partial charge in [0.15, 0.2) is 0 Å². The summed E-state index contributed by atoms with van der Waals surface area (Å²) < 4.78 is 31.2. The van der Waals surface area contributed by atoms with Gasteiger partial charge in [0.2, 0.25) is 10.0 Å². The molecule has 0 radical (unpaired) electrons. The number of pyridine rings is 1. The molecule has 3 rings (SSSR count). The number of benzene rings is 2. The van der Waals surface area contributed by atoms with Crippen LogP contribution in [0.4, 0.5) is 5.69 Å². The van der Waals surface area contributed by atoms with Crippen LogP contribution < -0.4 is 15.0 Å². The molecule has 0 aliphatic carbocycles. The summed E-state index contributed by atoms with van der Waals surface area (Å²) in [4.78, 5) is 15.2. The predicted molar refractivity (Wildman–Crippen MR) is 137 cm³/mol. The summed E-state index contributed by atoms with van der Waals surface area (Å²) in [5.74, 6) is 0.530. The van der Waals surface area contributed by atoms with Crippen molar-refractivity contribution in [3.05, 3.63) is 81.3 Å². The number of rotatable bonds is 8. The second kappa shape index (κ2) is 10.2. The van der Waals surface area contributed by atoms with Crippen LogP contribution >= 0.6 is 0 Å². The van der Waals surface area contributed by atoms with Gasteiger partial charge in [0.1, 0.15) is 5.75 Å². The summed E-state index contributed by atoms with van der Waals surface area (Å²) in [6.45, 7) is 5.75. The molecule has 1 unspecified atom stereocenters. The third kappa shape index (κ3) is 6.30. The SMILES string of the molecule is COc1c(C(O)Cc2ccc(NS(C)(=O)=O)cc2CO)cc(-c2ccc[nH]c2=O)cc1C(C)(C)C. The summed E-state index contributed by atoms with van der Waals surface area (Å²) in [5.41, 5.74) is 3.37. The normalized spacial score (nSPS) is 12.9. The lowest BCUT2D eigenvalue weighted by atomic mass is 9.82. The molecule has 0 amide bonds. The lowest BCUT2D eigenvalue weighted by Crippen LogP contribution is -2.17. The number of methoxy groups -OCH3 is 1. The fourth-order valence-electron chi connectivity index (χ4n) is 4.06. The first kappa shape index (κ1) is 26.5. The van der Waals surface area contributed by atoms with Crippen LogP contribution in [0, 0.1) is 0 Å². The van der Waals surface area contributed by atoms with E-state index in [0.717, 1.165) is 11.8 Å². The Morgan fingerprint density at radius 3 is 2.40 bits per heavy atom. The molecule has 1 atom stereocenters. The van der Waals surface area contributed by atoms with Crippen molar-refractivity contribution < 1.29 is 23.4 Å². The molecule has 9 heteroatoms. The zero-order valence-electron chi connectivity index (χ0n) is 20.5. The quantitative estimate of drug-likeness (QED) is 0.375. The fourth-order valence-corrected chi connectivity index (χ4v) is 4.61. The molecule has 3 aromatic rings. The van der Waals surface area contributed by atoms with Crippen molar-refractivity contribution in [3.8, 4) is 16.9 Å². The standard InChI is InChI=1S/C26H32N2O6S/c1-26(2,3)22-13-17(20-7-6-10-27-25(20)31)12-21(24(22)34-4)23(30)14-16-8-9-19(11-18(16)15-29)28-35(5,32)33/h6-13,23,28-30H,14-15H2,1-5H3,(H,27,31). The van der Waals surface area contributed by atoms with Crippen LogP contribution in [0.25, 0.3) is 11.1 Å². The van der Waals surface area contributed by atoms with Gasteiger partial charge < -0.3 is 19.9 Å². The molecule has 0 saturated carbocycles.